The lowest BCUT2D eigenvalue weighted by Gasteiger charge is -2.21. The Morgan fingerprint density at radius 3 is 2.40 bits per heavy atom. The number of likely N-dealkylation sites (N-methyl/N-ethyl adjacent to an activating group) is 1. The van der Waals surface area contributed by atoms with Crippen LogP contribution in [0.15, 0.2) is 70.1 Å². The van der Waals surface area contributed by atoms with E-state index in [4.69, 9.17) is 0 Å². The molecular formula is C27H43N3. The molecule has 1 atom stereocenters. The topological polar surface area (TPSA) is 36.1 Å². The van der Waals surface area contributed by atoms with E-state index in [1.807, 2.05) is 7.05 Å². The summed E-state index contributed by atoms with van der Waals surface area (Å²) in [4.78, 5) is 0. The monoisotopic (exact) mass is 409 g/mol. The number of hydrogen-bond donors (Lipinski definition) is 3. The van der Waals surface area contributed by atoms with E-state index < -0.39 is 0 Å². The second-order valence-corrected chi connectivity index (χ2v) is 8.92. The van der Waals surface area contributed by atoms with E-state index in [1.54, 1.807) is 0 Å². The molecule has 0 amide bonds. The van der Waals surface area contributed by atoms with Crippen molar-refractivity contribution in [1.82, 2.24) is 16.0 Å². The molecule has 1 unspecified atom stereocenters. The van der Waals surface area contributed by atoms with Gasteiger partial charge in [0.25, 0.3) is 0 Å². The highest BCUT2D eigenvalue weighted by Gasteiger charge is 2.19. The van der Waals surface area contributed by atoms with Crippen molar-refractivity contribution in [1.29, 1.82) is 0 Å². The van der Waals surface area contributed by atoms with Crippen molar-refractivity contribution >= 4 is 0 Å². The van der Waals surface area contributed by atoms with Gasteiger partial charge in [0, 0.05) is 37.4 Å². The maximum atomic E-state index is 3.66. The van der Waals surface area contributed by atoms with Crippen molar-refractivity contribution in [2.24, 2.45) is 5.92 Å². The van der Waals surface area contributed by atoms with Crippen molar-refractivity contribution in [3.8, 4) is 0 Å². The fourth-order valence-corrected chi connectivity index (χ4v) is 4.11. The van der Waals surface area contributed by atoms with Gasteiger partial charge < -0.3 is 16.0 Å². The zero-order chi connectivity index (χ0) is 21.9. The van der Waals surface area contributed by atoms with E-state index >= 15 is 0 Å². The molecule has 0 aromatic heterocycles. The van der Waals surface area contributed by atoms with Crippen molar-refractivity contribution in [2.75, 3.05) is 20.1 Å². The van der Waals surface area contributed by atoms with Gasteiger partial charge in [-0.15, -0.1) is 0 Å². The van der Waals surface area contributed by atoms with Gasteiger partial charge in [-0.3, -0.25) is 0 Å². The van der Waals surface area contributed by atoms with Gasteiger partial charge >= 0.3 is 0 Å². The lowest BCUT2D eigenvalue weighted by molar-refractivity contribution is 0.542. The SMILES string of the molecule is CCNC(C)/C=C\C(C)=C(/C1=CC=C(NC)CC1)C1=CC=C(NCCCC(C)C)C1. The molecule has 2 aliphatic carbocycles. The largest absolute Gasteiger partial charge is 0.391 e. The van der Waals surface area contributed by atoms with Crippen LogP contribution in [0, 0.1) is 5.92 Å². The molecule has 30 heavy (non-hydrogen) atoms. The molecule has 2 rings (SSSR count). The number of rotatable bonds is 12. The van der Waals surface area contributed by atoms with Gasteiger partial charge in [-0.05, 0) is 86.4 Å². The summed E-state index contributed by atoms with van der Waals surface area (Å²) in [5.74, 6) is 0.778. The van der Waals surface area contributed by atoms with Crippen LogP contribution < -0.4 is 16.0 Å². The fraction of sp³-hybridized carbons (Fsp3) is 0.556. The minimum Gasteiger partial charge on any atom is -0.391 e. The first-order chi connectivity index (χ1) is 14.4. The maximum Gasteiger partial charge on any atom is 0.0224 e. The van der Waals surface area contributed by atoms with E-state index in [1.165, 1.54) is 46.5 Å². The summed E-state index contributed by atoms with van der Waals surface area (Å²) < 4.78 is 0. The molecule has 0 aromatic rings. The zero-order valence-electron chi connectivity index (χ0n) is 20.1. The summed E-state index contributed by atoms with van der Waals surface area (Å²) in [5.41, 5.74) is 8.34. The molecule has 0 aromatic carbocycles. The highest BCUT2D eigenvalue weighted by Crippen LogP contribution is 2.35. The van der Waals surface area contributed by atoms with Crippen LogP contribution in [0.3, 0.4) is 0 Å². The summed E-state index contributed by atoms with van der Waals surface area (Å²) in [6.07, 6.45) is 19.4. The van der Waals surface area contributed by atoms with E-state index in [0.717, 1.165) is 38.3 Å². The van der Waals surface area contributed by atoms with Crippen LogP contribution >= 0.6 is 0 Å². The molecular weight excluding hydrogens is 366 g/mol. The maximum absolute atomic E-state index is 3.66. The van der Waals surface area contributed by atoms with E-state index in [9.17, 15) is 0 Å². The van der Waals surface area contributed by atoms with Crippen molar-refractivity contribution < 1.29 is 0 Å². The van der Waals surface area contributed by atoms with E-state index in [2.05, 4.69) is 87.0 Å². The van der Waals surface area contributed by atoms with Crippen LogP contribution in [-0.4, -0.2) is 26.2 Å². The second-order valence-electron chi connectivity index (χ2n) is 8.92. The van der Waals surface area contributed by atoms with E-state index in [0.29, 0.717) is 6.04 Å². The zero-order valence-corrected chi connectivity index (χ0v) is 20.1. The average molecular weight is 410 g/mol. The van der Waals surface area contributed by atoms with Crippen LogP contribution in [0.2, 0.25) is 0 Å². The molecule has 166 valence electrons. The molecule has 0 bridgehead atoms. The third-order valence-corrected chi connectivity index (χ3v) is 5.84. The minimum atomic E-state index is 0.385. The molecule has 0 fully saturated rings. The second kappa shape index (κ2) is 12.6. The predicted octanol–water partition coefficient (Wildman–Crippen LogP) is 5.92. The normalized spacial score (nSPS) is 18.6. The number of allylic oxidation sites excluding steroid dienone is 10. The Kier molecular flexibility index (Phi) is 10.2. The van der Waals surface area contributed by atoms with Crippen LogP contribution in [-0.2, 0) is 0 Å². The minimum absolute atomic E-state index is 0.385. The van der Waals surface area contributed by atoms with Crippen molar-refractivity contribution in [3.63, 3.8) is 0 Å². The summed E-state index contributed by atoms with van der Waals surface area (Å²) in [6.45, 7) is 13.3. The van der Waals surface area contributed by atoms with Gasteiger partial charge in [-0.25, -0.2) is 0 Å². The first-order valence-electron chi connectivity index (χ1n) is 11.8. The van der Waals surface area contributed by atoms with Gasteiger partial charge in [0.1, 0.15) is 0 Å². The molecule has 0 aliphatic heterocycles. The third-order valence-electron chi connectivity index (χ3n) is 5.84. The Morgan fingerprint density at radius 1 is 1.03 bits per heavy atom. The summed E-state index contributed by atoms with van der Waals surface area (Å²) >= 11 is 0. The molecule has 3 heteroatoms. The lowest BCUT2D eigenvalue weighted by Crippen LogP contribution is -2.23. The number of nitrogens with one attached hydrogen (secondary N) is 3. The molecule has 3 N–H and O–H groups in total. The van der Waals surface area contributed by atoms with Crippen LogP contribution in [0.1, 0.15) is 66.7 Å². The Hall–Kier alpha value is -2.00. The van der Waals surface area contributed by atoms with Crippen molar-refractivity contribution in [3.05, 3.63) is 70.1 Å². The standard InChI is InChI=1S/C27H43N3/c1-7-29-22(5)11-10-21(4)27(23-12-15-25(28-6)16-13-23)24-14-17-26(19-24)30-18-8-9-20(2)3/h10-12,14-15,17,20,22,28-30H,7-9,13,16,18-19H2,1-6H3/b11-10-,27-21+. The van der Waals surface area contributed by atoms with Crippen LogP contribution in [0.25, 0.3) is 0 Å². The molecule has 0 saturated carbocycles. The molecule has 0 heterocycles. The van der Waals surface area contributed by atoms with E-state index in [-0.39, 0.29) is 0 Å². The molecule has 0 spiro atoms. The Morgan fingerprint density at radius 2 is 1.77 bits per heavy atom. The smallest absolute Gasteiger partial charge is 0.0224 e. The van der Waals surface area contributed by atoms with Gasteiger partial charge in [0.05, 0.1) is 0 Å². The average Bonchev–Trinajstić information content (AvgIpc) is 3.19. The molecule has 2 aliphatic rings. The third kappa shape index (κ3) is 7.68. The van der Waals surface area contributed by atoms with Crippen molar-refractivity contribution in [2.45, 2.75) is 72.8 Å². The first kappa shape index (κ1) is 24.3. The Balaban J connectivity index is 2.14. The van der Waals surface area contributed by atoms with Gasteiger partial charge in [-0.1, -0.05) is 45.1 Å². The molecule has 0 saturated heterocycles. The highest BCUT2D eigenvalue weighted by atomic mass is 14.9. The first-order valence-corrected chi connectivity index (χ1v) is 11.8. The van der Waals surface area contributed by atoms with Gasteiger partial charge in [0.2, 0.25) is 0 Å². The Bertz CT molecular complexity index is 744. The number of hydrogen-bond acceptors (Lipinski definition) is 3. The summed E-state index contributed by atoms with van der Waals surface area (Å²) in [6, 6.07) is 0.385. The van der Waals surface area contributed by atoms with Gasteiger partial charge in [-0.2, -0.15) is 0 Å². The fourth-order valence-electron chi connectivity index (χ4n) is 4.11. The van der Waals surface area contributed by atoms with Crippen LogP contribution in [0.4, 0.5) is 0 Å². The molecule has 3 nitrogen and oxygen atoms in total. The summed E-state index contributed by atoms with van der Waals surface area (Å²) in [7, 11) is 2.01. The Labute approximate surface area is 185 Å². The highest BCUT2D eigenvalue weighted by molar-refractivity contribution is 5.57. The summed E-state index contributed by atoms with van der Waals surface area (Å²) in [5, 5.41) is 10.4. The lowest BCUT2D eigenvalue weighted by atomic mass is 9.86. The van der Waals surface area contributed by atoms with Crippen LogP contribution in [0.5, 0.6) is 0 Å². The molecule has 0 radical (unpaired) electrons. The predicted molar refractivity (Wildman–Crippen MR) is 132 cm³/mol. The van der Waals surface area contributed by atoms with Gasteiger partial charge in [0.15, 0.2) is 0 Å². The quantitative estimate of drug-likeness (QED) is 0.276.